The summed E-state index contributed by atoms with van der Waals surface area (Å²) in [5, 5.41) is 1.73. The van der Waals surface area contributed by atoms with E-state index in [0.29, 0.717) is 0 Å². The maximum absolute atomic E-state index is 12.9. The highest BCUT2D eigenvalue weighted by Crippen LogP contribution is 2.51. The minimum atomic E-state index is -0.0302. The van der Waals surface area contributed by atoms with Crippen molar-refractivity contribution in [2.75, 3.05) is 7.05 Å². The van der Waals surface area contributed by atoms with Crippen molar-refractivity contribution in [2.24, 2.45) is 5.92 Å². The molecule has 128 valence electrons. The van der Waals surface area contributed by atoms with Crippen molar-refractivity contribution in [1.29, 1.82) is 0 Å². The summed E-state index contributed by atoms with van der Waals surface area (Å²) in [7, 11) is 1.88. The molecular weight excluding hydrogens is 352 g/mol. The second-order valence-electron chi connectivity index (χ2n) is 6.62. The molecule has 3 unspecified atom stereocenters. The van der Waals surface area contributed by atoms with Crippen LogP contribution >= 0.6 is 22.9 Å². The van der Waals surface area contributed by atoms with Gasteiger partial charge in [0.25, 0.3) is 0 Å². The largest absolute Gasteiger partial charge is 0.336 e. The average Bonchev–Trinajstić information content (AvgIpc) is 3.30. The van der Waals surface area contributed by atoms with Crippen LogP contribution in [0, 0.1) is 5.92 Å². The first kappa shape index (κ1) is 16.6. The number of rotatable bonds is 4. The zero-order valence-corrected chi connectivity index (χ0v) is 15.7. The molecule has 0 saturated heterocycles. The third-order valence-electron chi connectivity index (χ3n) is 5.01. The van der Waals surface area contributed by atoms with Crippen LogP contribution in [0.15, 0.2) is 48.5 Å². The van der Waals surface area contributed by atoms with Crippen molar-refractivity contribution in [3.8, 4) is 0 Å². The molecule has 4 rings (SSSR count). The molecule has 0 bridgehead atoms. The number of hydrogen-bond acceptors (Lipinski definition) is 3. The Bertz CT molecular complexity index is 905. The van der Waals surface area contributed by atoms with Crippen molar-refractivity contribution < 1.29 is 4.79 Å². The lowest BCUT2D eigenvalue weighted by atomic mass is 10.1. The smallest absolute Gasteiger partial charge is 0.226 e. The van der Waals surface area contributed by atoms with E-state index in [1.54, 1.807) is 11.3 Å². The number of fused-ring (bicyclic) bond motifs is 1. The van der Waals surface area contributed by atoms with Crippen LogP contribution in [0.25, 0.3) is 10.2 Å². The van der Waals surface area contributed by atoms with Gasteiger partial charge in [-0.3, -0.25) is 4.79 Å². The normalized spacial score (nSPS) is 20.4. The summed E-state index contributed by atoms with van der Waals surface area (Å²) in [5.41, 5.74) is 2.08. The van der Waals surface area contributed by atoms with Gasteiger partial charge in [0.1, 0.15) is 5.01 Å². The fourth-order valence-electron chi connectivity index (χ4n) is 3.27. The summed E-state index contributed by atoms with van der Waals surface area (Å²) in [6.45, 7) is 2.04. The van der Waals surface area contributed by atoms with Gasteiger partial charge in [0.15, 0.2) is 0 Å². The van der Waals surface area contributed by atoms with Gasteiger partial charge in [0.05, 0.1) is 16.3 Å². The van der Waals surface area contributed by atoms with Crippen LogP contribution in [0.3, 0.4) is 0 Å². The predicted molar refractivity (Wildman–Crippen MR) is 103 cm³/mol. The quantitative estimate of drug-likeness (QED) is 0.626. The molecule has 0 aliphatic heterocycles. The van der Waals surface area contributed by atoms with Crippen molar-refractivity contribution in [1.82, 2.24) is 9.88 Å². The van der Waals surface area contributed by atoms with E-state index in [9.17, 15) is 4.79 Å². The Morgan fingerprint density at radius 2 is 1.96 bits per heavy atom. The number of amides is 1. The Hall–Kier alpha value is -1.91. The number of aromatic nitrogens is 1. The van der Waals surface area contributed by atoms with Gasteiger partial charge in [-0.05, 0) is 43.0 Å². The van der Waals surface area contributed by atoms with Crippen LogP contribution < -0.4 is 0 Å². The topological polar surface area (TPSA) is 33.2 Å². The number of carbonyl (C=O) groups is 1. The van der Waals surface area contributed by atoms with Gasteiger partial charge in [-0.15, -0.1) is 11.3 Å². The molecule has 1 amide bonds. The van der Waals surface area contributed by atoms with Crippen molar-refractivity contribution >= 4 is 39.1 Å². The average molecular weight is 371 g/mol. The fourth-order valence-corrected chi connectivity index (χ4v) is 4.61. The van der Waals surface area contributed by atoms with E-state index in [2.05, 4.69) is 6.07 Å². The molecule has 1 saturated carbocycles. The van der Waals surface area contributed by atoms with Gasteiger partial charge >= 0.3 is 0 Å². The Balaban J connectivity index is 1.50. The summed E-state index contributed by atoms with van der Waals surface area (Å²) in [4.78, 5) is 19.4. The Morgan fingerprint density at radius 3 is 2.72 bits per heavy atom. The summed E-state index contributed by atoms with van der Waals surface area (Å²) in [5.74, 6) is 0.449. The minimum Gasteiger partial charge on any atom is -0.336 e. The molecule has 5 heteroatoms. The summed E-state index contributed by atoms with van der Waals surface area (Å²) >= 11 is 7.94. The Morgan fingerprint density at radius 1 is 1.24 bits per heavy atom. The molecule has 25 heavy (non-hydrogen) atoms. The van der Waals surface area contributed by atoms with E-state index in [4.69, 9.17) is 16.6 Å². The lowest BCUT2D eigenvalue weighted by molar-refractivity contribution is -0.133. The van der Waals surface area contributed by atoms with Crippen LogP contribution in [-0.4, -0.2) is 22.8 Å². The molecule has 1 heterocycles. The van der Waals surface area contributed by atoms with Gasteiger partial charge in [-0.1, -0.05) is 41.9 Å². The lowest BCUT2D eigenvalue weighted by Crippen LogP contribution is -2.31. The SMILES string of the molecule is CC(c1nc2ccccc2s1)N(C)C(=O)C1CC1c1ccccc1Cl. The highest BCUT2D eigenvalue weighted by Gasteiger charge is 2.46. The number of para-hydroxylation sites is 1. The first-order valence-corrected chi connectivity index (χ1v) is 9.62. The van der Waals surface area contributed by atoms with Gasteiger partial charge in [0, 0.05) is 18.0 Å². The Kier molecular flexibility index (Phi) is 4.26. The Labute approximate surface area is 156 Å². The van der Waals surface area contributed by atoms with E-state index < -0.39 is 0 Å². The maximum atomic E-state index is 12.9. The van der Waals surface area contributed by atoms with E-state index in [1.165, 1.54) is 0 Å². The highest BCUT2D eigenvalue weighted by molar-refractivity contribution is 7.18. The van der Waals surface area contributed by atoms with Crippen LogP contribution in [0.5, 0.6) is 0 Å². The number of hydrogen-bond donors (Lipinski definition) is 0. The van der Waals surface area contributed by atoms with E-state index in [0.717, 1.165) is 32.2 Å². The molecule has 1 aliphatic carbocycles. The first-order valence-electron chi connectivity index (χ1n) is 8.43. The second kappa shape index (κ2) is 6.43. The monoisotopic (exact) mass is 370 g/mol. The molecule has 3 nitrogen and oxygen atoms in total. The van der Waals surface area contributed by atoms with Crippen molar-refractivity contribution in [3.05, 3.63) is 64.1 Å². The van der Waals surface area contributed by atoms with Crippen LogP contribution in [0.4, 0.5) is 0 Å². The molecule has 1 fully saturated rings. The summed E-state index contributed by atoms with van der Waals surface area (Å²) in [6, 6.07) is 15.9. The third-order valence-corrected chi connectivity index (χ3v) is 6.56. The van der Waals surface area contributed by atoms with Gasteiger partial charge < -0.3 is 4.90 Å². The van der Waals surface area contributed by atoms with Crippen LogP contribution in [-0.2, 0) is 4.79 Å². The molecule has 1 aliphatic rings. The van der Waals surface area contributed by atoms with E-state index in [1.807, 2.05) is 61.3 Å². The first-order chi connectivity index (χ1) is 12.1. The summed E-state index contributed by atoms with van der Waals surface area (Å²) < 4.78 is 1.16. The lowest BCUT2D eigenvalue weighted by Gasteiger charge is -2.23. The maximum Gasteiger partial charge on any atom is 0.226 e. The number of benzene rings is 2. The third kappa shape index (κ3) is 3.05. The minimum absolute atomic E-state index is 0.0294. The van der Waals surface area contributed by atoms with Gasteiger partial charge in [0.2, 0.25) is 5.91 Å². The number of halogens is 1. The van der Waals surface area contributed by atoms with Crippen LogP contribution in [0.2, 0.25) is 5.02 Å². The molecule has 3 atom stereocenters. The van der Waals surface area contributed by atoms with E-state index >= 15 is 0 Å². The highest BCUT2D eigenvalue weighted by atomic mass is 35.5. The second-order valence-corrected chi connectivity index (χ2v) is 8.08. The van der Waals surface area contributed by atoms with Crippen molar-refractivity contribution in [3.63, 3.8) is 0 Å². The molecule has 1 aromatic heterocycles. The molecular formula is C20H19ClN2OS. The predicted octanol–water partition coefficient (Wildman–Crippen LogP) is 5.27. The molecule has 0 N–H and O–H groups in total. The number of thiazole rings is 1. The standard InChI is InChI=1S/C20H19ClN2OS/c1-12(19-22-17-9-5-6-10-18(17)25-19)23(2)20(24)15-11-14(15)13-7-3-4-8-16(13)21/h3-10,12,14-15H,11H2,1-2H3. The van der Waals surface area contributed by atoms with Gasteiger partial charge in [-0.2, -0.15) is 0 Å². The van der Waals surface area contributed by atoms with Crippen molar-refractivity contribution in [2.45, 2.75) is 25.3 Å². The number of nitrogens with zero attached hydrogens (tertiary/aromatic N) is 2. The molecule has 0 spiro atoms. The zero-order chi connectivity index (χ0) is 17.6. The number of carbonyl (C=O) groups excluding carboxylic acids is 1. The van der Waals surface area contributed by atoms with Gasteiger partial charge in [-0.25, -0.2) is 4.98 Å². The van der Waals surface area contributed by atoms with E-state index in [-0.39, 0.29) is 23.8 Å². The van der Waals surface area contributed by atoms with Crippen LogP contribution in [0.1, 0.15) is 35.9 Å². The molecule has 2 aromatic carbocycles. The molecule has 0 radical (unpaired) electrons. The molecule has 3 aromatic rings. The zero-order valence-electron chi connectivity index (χ0n) is 14.1. The summed E-state index contributed by atoms with van der Waals surface area (Å²) in [6.07, 6.45) is 0.874. The fraction of sp³-hybridized carbons (Fsp3) is 0.300.